The molecule has 6 nitrogen and oxygen atoms in total. The van der Waals surface area contributed by atoms with Gasteiger partial charge in [-0.2, -0.15) is 10.2 Å². The SMILES string of the molecule is Cc1nnccc1NC(=O)NCC1(O)CCCCC1. The smallest absolute Gasteiger partial charge is 0.319 e. The first kappa shape index (κ1) is 13.7. The number of hydrogen-bond acceptors (Lipinski definition) is 4. The van der Waals surface area contributed by atoms with Crippen molar-refractivity contribution in [3.05, 3.63) is 18.0 Å². The average Bonchev–Trinajstić information content (AvgIpc) is 2.40. The van der Waals surface area contributed by atoms with Crippen LogP contribution in [0, 0.1) is 6.92 Å². The molecule has 2 rings (SSSR count). The Bertz CT molecular complexity index is 444. The van der Waals surface area contributed by atoms with Crippen LogP contribution in [-0.4, -0.2) is 33.5 Å². The minimum atomic E-state index is -0.749. The molecule has 0 spiro atoms. The summed E-state index contributed by atoms with van der Waals surface area (Å²) in [6, 6.07) is 1.37. The summed E-state index contributed by atoms with van der Waals surface area (Å²) in [7, 11) is 0. The van der Waals surface area contributed by atoms with E-state index in [2.05, 4.69) is 20.8 Å². The van der Waals surface area contributed by atoms with E-state index in [1.165, 1.54) is 6.20 Å². The summed E-state index contributed by atoms with van der Waals surface area (Å²) in [5.41, 5.74) is 0.540. The molecule has 1 heterocycles. The normalized spacial score (nSPS) is 17.8. The monoisotopic (exact) mass is 264 g/mol. The van der Waals surface area contributed by atoms with Crippen molar-refractivity contribution in [3.8, 4) is 0 Å². The molecule has 19 heavy (non-hydrogen) atoms. The lowest BCUT2D eigenvalue weighted by molar-refractivity contribution is 0.00755. The summed E-state index contributed by atoms with van der Waals surface area (Å²) in [5.74, 6) is 0. The van der Waals surface area contributed by atoms with Gasteiger partial charge in [-0.3, -0.25) is 0 Å². The summed E-state index contributed by atoms with van der Waals surface area (Å²) in [5, 5.41) is 23.3. The van der Waals surface area contributed by atoms with Crippen LogP contribution in [0.15, 0.2) is 12.3 Å². The second-order valence-electron chi connectivity index (χ2n) is 5.12. The first-order valence-corrected chi connectivity index (χ1v) is 6.65. The third-order valence-corrected chi connectivity index (χ3v) is 3.52. The van der Waals surface area contributed by atoms with Gasteiger partial charge in [0.2, 0.25) is 0 Å². The maximum Gasteiger partial charge on any atom is 0.319 e. The Labute approximate surface area is 112 Å². The number of urea groups is 1. The lowest BCUT2D eigenvalue weighted by Gasteiger charge is -2.32. The predicted octanol–water partition coefficient (Wildman–Crippen LogP) is 1.60. The molecule has 1 aromatic heterocycles. The number of anilines is 1. The van der Waals surface area contributed by atoms with Gasteiger partial charge in [-0.25, -0.2) is 4.79 Å². The van der Waals surface area contributed by atoms with E-state index < -0.39 is 5.60 Å². The van der Waals surface area contributed by atoms with Gasteiger partial charge in [-0.1, -0.05) is 19.3 Å². The molecule has 0 atom stereocenters. The zero-order valence-electron chi connectivity index (χ0n) is 11.1. The Hall–Kier alpha value is -1.69. The summed E-state index contributed by atoms with van der Waals surface area (Å²) in [6.07, 6.45) is 6.24. The van der Waals surface area contributed by atoms with Crippen molar-refractivity contribution < 1.29 is 9.90 Å². The maximum absolute atomic E-state index is 11.8. The number of nitrogens with one attached hydrogen (secondary N) is 2. The fraction of sp³-hybridized carbons (Fsp3) is 0.615. The molecule has 1 aliphatic carbocycles. The largest absolute Gasteiger partial charge is 0.388 e. The average molecular weight is 264 g/mol. The molecule has 0 aromatic carbocycles. The second kappa shape index (κ2) is 5.97. The minimum absolute atomic E-state index is 0.288. The van der Waals surface area contributed by atoms with E-state index in [-0.39, 0.29) is 12.6 Å². The van der Waals surface area contributed by atoms with E-state index in [1.807, 2.05) is 0 Å². The van der Waals surface area contributed by atoms with E-state index in [0.717, 1.165) is 32.1 Å². The van der Waals surface area contributed by atoms with Crippen LogP contribution in [0.3, 0.4) is 0 Å². The van der Waals surface area contributed by atoms with Crippen molar-refractivity contribution >= 4 is 11.7 Å². The molecule has 0 unspecified atom stereocenters. The zero-order chi connectivity index (χ0) is 13.7. The summed E-state index contributed by atoms with van der Waals surface area (Å²) < 4.78 is 0. The molecular weight excluding hydrogens is 244 g/mol. The number of nitrogens with zero attached hydrogens (tertiary/aromatic N) is 2. The van der Waals surface area contributed by atoms with Gasteiger partial charge < -0.3 is 15.7 Å². The molecule has 1 fully saturated rings. The lowest BCUT2D eigenvalue weighted by Crippen LogP contribution is -2.45. The van der Waals surface area contributed by atoms with Crippen molar-refractivity contribution in [3.63, 3.8) is 0 Å². The summed E-state index contributed by atoms with van der Waals surface area (Å²) in [6.45, 7) is 2.06. The van der Waals surface area contributed by atoms with Crippen LogP contribution in [0.5, 0.6) is 0 Å². The Balaban J connectivity index is 1.83. The third kappa shape index (κ3) is 3.89. The molecule has 6 heteroatoms. The predicted molar refractivity (Wildman–Crippen MR) is 71.8 cm³/mol. The van der Waals surface area contributed by atoms with E-state index in [9.17, 15) is 9.90 Å². The number of hydrogen-bond donors (Lipinski definition) is 3. The van der Waals surface area contributed by atoms with Gasteiger partial charge in [0.15, 0.2) is 0 Å². The van der Waals surface area contributed by atoms with Crippen LogP contribution in [-0.2, 0) is 0 Å². The van der Waals surface area contributed by atoms with Crippen molar-refractivity contribution in [2.75, 3.05) is 11.9 Å². The van der Waals surface area contributed by atoms with Crippen LogP contribution in [0.2, 0.25) is 0 Å². The number of carbonyl (C=O) groups is 1. The molecule has 1 saturated carbocycles. The highest BCUT2D eigenvalue weighted by molar-refractivity contribution is 5.89. The Morgan fingerprint density at radius 3 is 2.84 bits per heavy atom. The quantitative estimate of drug-likeness (QED) is 0.774. The fourth-order valence-electron chi connectivity index (χ4n) is 2.33. The van der Waals surface area contributed by atoms with E-state index in [1.54, 1.807) is 13.0 Å². The van der Waals surface area contributed by atoms with Gasteiger partial charge in [-0.05, 0) is 25.8 Å². The number of aliphatic hydroxyl groups is 1. The molecule has 1 aliphatic rings. The van der Waals surface area contributed by atoms with Gasteiger partial charge in [0.25, 0.3) is 0 Å². The number of rotatable bonds is 3. The van der Waals surface area contributed by atoms with Crippen LogP contribution in [0.4, 0.5) is 10.5 Å². The fourth-order valence-corrected chi connectivity index (χ4v) is 2.33. The Kier molecular flexibility index (Phi) is 4.31. The van der Waals surface area contributed by atoms with Crippen molar-refractivity contribution in [1.82, 2.24) is 15.5 Å². The molecule has 0 radical (unpaired) electrons. The number of amides is 2. The maximum atomic E-state index is 11.8. The van der Waals surface area contributed by atoms with Gasteiger partial charge in [0.1, 0.15) is 0 Å². The molecule has 0 aliphatic heterocycles. The molecule has 3 N–H and O–H groups in total. The minimum Gasteiger partial charge on any atom is -0.388 e. The third-order valence-electron chi connectivity index (χ3n) is 3.52. The van der Waals surface area contributed by atoms with Crippen LogP contribution in [0.25, 0.3) is 0 Å². The number of aryl methyl sites for hydroxylation is 1. The second-order valence-corrected chi connectivity index (χ2v) is 5.12. The zero-order valence-corrected chi connectivity index (χ0v) is 11.1. The van der Waals surface area contributed by atoms with Crippen LogP contribution in [0.1, 0.15) is 37.8 Å². The number of carbonyl (C=O) groups excluding carboxylic acids is 1. The molecule has 2 amide bonds. The standard InChI is InChI=1S/C13H20N4O2/c1-10-11(5-8-15-17-10)16-12(18)14-9-13(19)6-3-2-4-7-13/h5,8,19H,2-4,6-7,9H2,1H3,(H2,14,15,16,18). The van der Waals surface area contributed by atoms with E-state index in [4.69, 9.17) is 0 Å². The van der Waals surface area contributed by atoms with Crippen LogP contribution >= 0.6 is 0 Å². The molecular formula is C13H20N4O2. The van der Waals surface area contributed by atoms with Gasteiger partial charge in [0, 0.05) is 6.54 Å². The first-order chi connectivity index (χ1) is 9.09. The Morgan fingerprint density at radius 1 is 1.42 bits per heavy atom. The van der Waals surface area contributed by atoms with Gasteiger partial charge >= 0.3 is 6.03 Å². The van der Waals surface area contributed by atoms with E-state index >= 15 is 0 Å². The Morgan fingerprint density at radius 2 is 2.16 bits per heavy atom. The van der Waals surface area contributed by atoms with Crippen molar-refractivity contribution in [2.24, 2.45) is 0 Å². The first-order valence-electron chi connectivity index (χ1n) is 6.65. The molecule has 0 bridgehead atoms. The van der Waals surface area contributed by atoms with Gasteiger partial charge in [-0.15, -0.1) is 0 Å². The molecule has 104 valence electrons. The van der Waals surface area contributed by atoms with Gasteiger partial charge in [0.05, 0.1) is 23.2 Å². The topological polar surface area (TPSA) is 87.1 Å². The number of aromatic nitrogens is 2. The molecule has 1 aromatic rings. The van der Waals surface area contributed by atoms with Crippen molar-refractivity contribution in [2.45, 2.75) is 44.6 Å². The van der Waals surface area contributed by atoms with Crippen molar-refractivity contribution in [1.29, 1.82) is 0 Å². The summed E-state index contributed by atoms with van der Waals surface area (Å²) in [4.78, 5) is 11.8. The lowest BCUT2D eigenvalue weighted by atomic mass is 9.85. The van der Waals surface area contributed by atoms with E-state index in [0.29, 0.717) is 11.4 Å². The highest BCUT2D eigenvalue weighted by Crippen LogP contribution is 2.27. The van der Waals surface area contributed by atoms with Crippen LogP contribution < -0.4 is 10.6 Å². The summed E-state index contributed by atoms with van der Waals surface area (Å²) >= 11 is 0. The molecule has 0 saturated heterocycles. The highest BCUT2D eigenvalue weighted by Gasteiger charge is 2.29. The highest BCUT2D eigenvalue weighted by atomic mass is 16.3.